The predicted octanol–water partition coefficient (Wildman–Crippen LogP) is 4.81. The van der Waals surface area contributed by atoms with Crippen molar-refractivity contribution in [3.8, 4) is 11.5 Å². The third kappa shape index (κ3) is 4.53. The number of hydrogen-bond acceptors (Lipinski definition) is 6. The minimum atomic E-state index is -0.584. The van der Waals surface area contributed by atoms with Crippen LogP contribution >= 0.6 is 0 Å². The van der Waals surface area contributed by atoms with E-state index in [0.717, 1.165) is 12.0 Å². The molecule has 34 heavy (non-hydrogen) atoms. The van der Waals surface area contributed by atoms with Crippen molar-refractivity contribution in [1.82, 2.24) is 4.90 Å². The zero-order chi connectivity index (χ0) is 24.2. The molecule has 0 bridgehead atoms. The number of amides is 1. The van der Waals surface area contributed by atoms with E-state index in [1.165, 1.54) is 0 Å². The van der Waals surface area contributed by atoms with E-state index >= 15 is 0 Å². The lowest BCUT2D eigenvalue weighted by Gasteiger charge is -2.25. The summed E-state index contributed by atoms with van der Waals surface area (Å²) in [5, 5.41) is 0.457. The van der Waals surface area contributed by atoms with Gasteiger partial charge in [0, 0.05) is 20.3 Å². The number of benzene rings is 2. The summed E-state index contributed by atoms with van der Waals surface area (Å²) in [6.45, 7) is 5.79. The molecule has 7 heteroatoms. The number of fused-ring (bicyclic) bond motifs is 2. The summed E-state index contributed by atoms with van der Waals surface area (Å²) in [5.74, 6) is 1.52. The summed E-state index contributed by atoms with van der Waals surface area (Å²) in [4.78, 5) is 28.6. The highest BCUT2D eigenvalue weighted by Crippen LogP contribution is 2.41. The SMILES string of the molecule is COCCCN1C(=O)c2oc3ccccc3c(=O)c2C1c1ccc(OCCC(C)C)c(OC)c1. The van der Waals surface area contributed by atoms with Crippen LogP contribution in [0.1, 0.15) is 54.4 Å². The number of para-hydroxylation sites is 1. The lowest BCUT2D eigenvalue weighted by Crippen LogP contribution is -2.31. The zero-order valence-corrected chi connectivity index (χ0v) is 20.1. The lowest BCUT2D eigenvalue weighted by atomic mass is 9.98. The number of rotatable bonds is 10. The fourth-order valence-corrected chi connectivity index (χ4v) is 4.30. The van der Waals surface area contributed by atoms with Crippen molar-refractivity contribution in [2.75, 3.05) is 34.0 Å². The van der Waals surface area contributed by atoms with Crippen LogP contribution in [-0.4, -0.2) is 44.8 Å². The molecule has 1 aromatic heterocycles. The Labute approximate surface area is 199 Å². The summed E-state index contributed by atoms with van der Waals surface area (Å²) in [6, 6.07) is 12.0. The Balaban J connectivity index is 1.79. The minimum Gasteiger partial charge on any atom is -0.493 e. The van der Waals surface area contributed by atoms with Crippen molar-refractivity contribution in [3.05, 3.63) is 69.6 Å². The van der Waals surface area contributed by atoms with Gasteiger partial charge in [0.1, 0.15) is 5.58 Å². The molecule has 2 aromatic carbocycles. The van der Waals surface area contributed by atoms with Crippen LogP contribution in [0.15, 0.2) is 51.7 Å². The second kappa shape index (κ2) is 10.3. The average molecular weight is 466 g/mol. The maximum Gasteiger partial charge on any atom is 0.290 e. The predicted molar refractivity (Wildman–Crippen MR) is 130 cm³/mol. The van der Waals surface area contributed by atoms with Gasteiger partial charge in [-0.15, -0.1) is 0 Å². The molecular formula is C27H31NO6. The molecular weight excluding hydrogens is 434 g/mol. The van der Waals surface area contributed by atoms with Gasteiger partial charge in [0.2, 0.25) is 5.76 Å². The standard InChI is InChI=1S/C27H31NO6/c1-17(2)12-15-33-21-11-10-18(16-22(21)32-4)24-23-25(29)19-8-5-6-9-20(19)34-26(23)27(30)28(24)13-7-14-31-3/h5-6,8-11,16-17,24H,7,12-15H2,1-4H3. The van der Waals surface area contributed by atoms with Gasteiger partial charge >= 0.3 is 0 Å². The first kappa shape index (κ1) is 23.8. The molecule has 7 nitrogen and oxygen atoms in total. The molecule has 0 radical (unpaired) electrons. The highest BCUT2D eigenvalue weighted by atomic mass is 16.5. The van der Waals surface area contributed by atoms with Crippen LogP contribution in [0.3, 0.4) is 0 Å². The molecule has 4 rings (SSSR count). The van der Waals surface area contributed by atoms with Crippen LogP contribution in [0, 0.1) is 5.92 Å². The van der Waals surface area contributed by atoms with E-state index in [1.54, 1.807) is 43.4 Å². The molecule has 2 heterocycles. The third-order valence-electron chi connectivity index (χ3n) is 6.08. The fraction of sp³-hybridized carbons (Fsp3) is 0.407. The van der Waals surface area contributed by atoms with Crippen molar-refractivity contribution in [2.45, 2.75) is 32.7 Å². The van der Waals surface area contributed by atoms with E-state index in [9.17, 15) is 9.59 Å². The molecule has 0 saturated carbocycles. The largest absolute Gasteiger partial charge is 0.493 e. The molecule has 1 unspecified atom stereocenters. The van der Waals surface area contributed by atoms with Gasteiger partial charge in [-0.25, -0.2) is 0 Å². The average Bonchev–Trinajstić information content (AvgIpc) is 3.11. The van der Waals surface area contributed by atoms with E-state index in [4.69, 9.17) is 18.6 Å². The van der Waals surface area contributed by atoms with Crippen molar-refractivity contribution >= 4 is 16.9 Å². The molecule has 1 aliphatic heterocycles. The Morgan fingerprint density at radius 2 is 1.82 bits per heavy atom. The number of carbonyl (C=O) groups excluding carboxylic acids is 1. The highest BCUT2D eigenvalue weighted by molar-refractivity contribution is 5.99. The van der Waals surface area contributed by atoms with E-state index in [2.05, 4.69) is 13.8 Å². The summed E-state index contributed by atoms with van der Waals surface area (Å²) < 4.78 is 22.7. The second-order valence-electron chi connectivity index (χ2n) is 8.86. The lowest BCUT2D eigenvalue weighted by molar-refractivity contribution is 0.0707. The molecule has 0 N–H and O–H groups in total. The second-order valence-corrected chi connectivity index (χ2v) is 8.86. The van der Waals surface area contributed by atoms with Gasteiger partial charge in [-0.2, -0.15) is 0 Å². The van der Waals surface area contributed by atoms with Gasteiger partial charge < -0.3 is 23.5 Å². The Hall–Kier alpha value is -3.32. The topological polar surface area (TPSA) is 78.2 Å². The van der Waals surface area contributed by atoms with Gasteiger partial charge in [0.25, 0.3) is 5.91 Å². The van der Waals surface area contributed by atoms with Crippen molar-refractivity contribution in [3.63, 3.8) is 0 Å². The Morgan fingerprint density at radius 3 is 2.56 bits per heavy atom. The quantitative estimate of drug-likeness (QED) is 0.400. The first-order valence-corrected chi connectivity index (χ1v) is 11.6. The van der Waals surface area contributed by atoms with Crippen molar-refractivity contribution < 1.29 is 23.4 Å². The van der Waals surface area contributed by atoms with Gasteiger partial charge in [0.05, 0.1) is 30.7 Å². The van der Waals surface area contributed by atoms with Gasteiger partial charge in [-0.3, -0.25) is 9.59 Å². The maximum atomic E-state index is 13.5. The normalized spacial score (nSPS) is 15.3. The molecule has 3 aromatic rings. The maximum absolute atomic E-state index is 13.5. The van der Waals surface area contributed by atoms with E-state index in [-0.39, 0.29) is 17.1 Å². The molecule has 1 amide bonds. The Kier molecular flexibility index (Phi) is 7.22. The molecule has 0 saturated heterocycles. The summed E-state index contributed by atoms with van der Waals surface area (Å²) in [5.41, 5.74) is 1.33. The summed E-state index contributed by atoms with van der Waals surface area (Å²) >= 11 is 0. The third-order valence-corrected chi connectivity index (χ3v) is 6.08. The molecule has 0 fully saturated rings. The summed E-state index contributed by atoms with van der Waals surface area (Å²) in [6.07, 6.45) is 1.56. The minimum absolute atomic E-state index is 0.0994. The zero-order valence-electron chi connectivity index (χ0n) is 20.1. The number of hydrogen-bond donors (Lipinski definition) is 0. The molecule has 1 atom stereocenters. The van der Waals surface area contributed by atoms with E-state index in [1.807, 2.05) is 18.2 Å². The number of methoxy groups -OCH3 is 2. The van der Waals surface area contributed by atoms with Crippen LogP contribution < -0.4 is 14.9 Å². The van der Waals surface area contributed by atoms with Crippen LogP contribution in [0.4, 0.5) is 0 Å². The Morgan fingerprint density at radius 1 is 1.03 bits per heavy atom. The number of ether oxygens (including phenoxy) is 3. The van der Waals surface area contributed by atoms with Gasteiger partial charge in [0.15, 0.2) is 16.9 Å². The fourth-order valence-electron chi connectivity index (χ4n) is 4.30. The van der Waals surface area contributed by atoms with Crippen LogP contribution in [0.5, 0.6) is 11.5 Å². The first-order valence-electron chi connectivity index (χ1n) is 11.6. The monoisotopic (exact) mass is 465 g/mol. The first-order chi connectivity index (χ1) is 16.5. The Bertz CT molecular complexity index is 1230. The smallest absolute Gasteiger partial charge is 0.290 e. The number of carbonyl (C=O) groups is 1. The molecule has 180 valence electrons. The molecule has 0 aliphatic carbocycles. The van der Waals surface area contributed by atoms with E-state index in [0.29, 0.717) is 60.1 Å². The molecule has 1 aliphatic rings. The van der Waals surface area contributed by atoms with Crippen LogP contribution in [-0.2, 0) is 4.74 Å². The summed E-state index contributed by atoms with van der Waals surface area (Å²) in [7, 11) is 3.21. The van der Waals surface area contributed by atoms with Gasteiger partial charge in [-0.05, 0) is 48.6 Å². The van der Waals surface area contributed by atoms with Crippen LogP contribution in [0.2, 0.25) is 0 Å². The molecule has 0 spiro atoms. The highest BCUT2D eigenvalue weighted by Gasteiger charge is 2.42. The van der Waals surface area contributed by atoms with E-state index < -0.39 is 6.04 Å². The van der Waals surface area contributed by atoms with Crippen LogP contribution in [0.25, 0.3) is 11.0 Å². The van der Waals surface area contributed by atoms with Crippen molar-refractivity contribution in [1.29, 1.82) is 0 Å². The van der Waals surface area contributed by atoms with Crippen molar-refractivity contribution in [2.24, 2.45) is 5.92 Å². The number of nitrogens with zero attached hydrogens (tertiary/aromatic N) is 1. The van der Waals surface area contributed by atoms with Gasteiger partial charge in [-0.1, -0.05) is 32.0 Å².